The predicted octanol–water partition coefficient (Wildman–Crippen LogP) is 2.46. The van der Waals surface area contributed by atoms with Crippen LogP contribution in [0.2, 0.25) is 0 Å². The van der Waals surface area contributed by atoms with Gasteiger partial charge in [0.15, 0.2) is 0 Å². The number of hydrogen-bond donors (Lipinski definition) is 3. The average Bonchev–Trinajstić information content (AvgIpc) is 2.47. The number of nitrogens with one attached hydrogen (secondary N) is 1. The molecule has 0 radical (unpaired) electrons. The van der Waals surface area contributed by atoms with Gasteiger partial charge in [0, 0.05) is 0 Å². The maximum absolute atomic E-state index is 12.2. The molecular weight excluding hydrogens is 270 g/mol. The molecule has 0 heterocycles. The van der Waals surface area contributed by atoms with E-state index in [1.807, 2.05) is 6.92 Å². The van der Waals surface area contributed by atoms with E-state index in [0.29, 0.717) is 0 Å². The number of aryl methyl sites for hydroxylation is 1. The summed E-state index contributed by atoms with van der Waals surface area (Å²) in [5.41, 5.74) is 0.958. The average molecular weight is 291 g/mol. The number of phenols is 1. The molecule has 1 aromatic rings. The molecule has 0 aliphatic heterocycles. The van der Waals surface area contributed by atoms with Gasteiger partial charge in [-0.1, -0.05) is 30.9 Å². The number of aliphatic carboxylic acids is 1. The molecule has 1 atom stereocenters. The molecule has 1 aromatic carbocycles. The summed E-state index contributed by atoms with van der Waals surface area (Å²) >= 11 is 0. The monoisotopic (exact) mass is 291 g/mol. The molecule has 0 spiro atoms. The Morgan fingerprint density at radius 1 is 1.24 bits per heavy atom. The van der Waals surface area contributed by atoms with Crippen molar-refractivity contribution in [3.63, 3.8) is 0 Å². The van der Waals surface area contributed by atoms with Gasteiger partial charge in [0.1, 0.15) is 11.8 Å². The summed E-state index contributed by atoms with van der Waals surface area (Å²) in [6, 6.07) is 3.81. The van der Waals surface area contributed by atoms with Gasteiger partial charge in [-0.05, 0) is 37.8 Å². The topological polar surface area (TPSA) is 86.6 Å². The van der Waals surface area contributed by atoms with Crippen LogP contribution in [0.4, 0.5) is 0 Å². The molecule has 3 N–H and O–H groups in total. The normalized spacial score (nSPS) is 17.2. The highest BCUT2D eigenvalue weighted by atomic mass is 16.4. The zero-order valence-electron chi connectivity index (χ0n) is 12.1. The minimum Gasteiger partial charge on any atom is -0.507 e. The van der Waals surface area contributed by atoms with Crippen molar-refractivity contribution in [1.29, 1.82) is 0 Å². The van der Waals surface area contributed by atoms with Crippen LogP contribution in [-0.4, -0.2) is 28.1 Å². The summed E-state index contributed by atoms with van der Waals surface area (Å²) in [6.45, 7) is 1.81. The van der Waals surface area contributed by atoms with Gasteiger partial charge in [-0.15, -0.1) is 0 Å². The molecule has 5 heteroatoms. The van der Waals surface area contributed by atoms with Crippen LogP contribution < -0.4 is 5.32 Å². The van der Waals surface area contributed by atoms with E-state index < -0.39 is 17.9 Å². The highest BCUT2D eigenvalue weighted by molar-refractivity contribution is 5.99. The Morgan fingerprint density at radius 2 is 1.90 bits per heavy atom. The summed E-state index contributed by atoms with van der Waals surface area (Å²) in [7, 11) is 0. The van der Waals surface area contributed by atoms with Crippen LogP contribution in [0.5, 0.6) is 5.75 Å². The Bertz CT molecular complexity index is 535. The zero-order valence-corrected chi connectivity index (χ0v) is 12.1. The smallest absolute Gasteiger partial charge is 0.326 e. The van der Waals surface area contributed by atoms with E-state index in [0.717, 1.165) is 37.7 Å². The molecule has 114 valence electrons. The minimum atomic E-state index is -1.01. The lowest BCUT2D eigenvalue weighted by Gasteiger charge is -2.28. The van der Waals surface area contributed by atoms with Crippen molar-refractivity contribution in [1.82, 2.24) is 5.32 Å². The maximum atomic E-state index is 12.2. The van der Waals surface area contributed by atoms with Crippen molar-refractivity contribution in [3.05, 3.63) is 29.3 Å². The number of carbonyl (C=O) groups is 2. The summed E-state index contributed by atoms with van der Waals surface area (Å²) in [4.78, 5) is 23.7. The third-order valence-electron chi connectivity index (χ3n) is 4.07. The van der Waals surface area contributed by atoms with E-state index in [1.165, 1.54) is 6.07 Å². The van der Waals surface area contributed by atoms with E-state index in [-0.39, 0.29) is 17.2 Å². The molecule has 1 saturated carbocycles. The molecule has 1 aliphatic rings. The highest BCUT2D eigenvalue weighted by Crippen LogP contribution is 2.27. The fourth-order valence-electron chi connectivity index (χ4n) is 2.90. The fraction of sp³-hybridized carbons (Fsp3) is 0.500. The molecule has 5 nitrogen and oxygen atoms in total. The van der Waals surface area contributed by atoms with Crippen molar-refractivity contribution in [2.45, 2.75) is 45.1 Å². The Labute approximate surface area is 124 Å². The summed E-state index contributed by atoms with van der Waals surface area (Å²) < 4.78 is 0. The molecule has 2 rings (SSSR count). The van der Waals surface area contributed by atoms with Crippen LogP contribution in [-0.2, 0) is 4.79 Å². The maximum Gasteiger partial charge on any atom is 0.326 e. The molecule has 1 unspecified atom stereocenters. The lowest BCUT2D eigenvalue weighted by molar-refractivity contribution is -0.141. The second-order valence-corrected chi connectivity index (χ2v) is 5.71. The summed E-state index contributed by atoms with van der Waals surface area (Å²) in [5.74, 6) is -1.71. The Kier molecular flexibility index (Phi) is 4.83. The molecule has 1 aliphatic carbocycles. The Morgan fingerprint density at radius 3 is 2.52 bits per heavy atom. The van der Waals surface area contributed by atoms with Crippen molar-refractivity contribution in [2.24, 2.45) is 5.92 Å². The van der Waals surface area contributed by atoms with Crippen LogP contribution in [0.15, 0.2) is 18.2 Å². The van der Waals surface area contributed by atoms with E-state index in [1.54, 1.807) is 12.1 Å². The predicted molar refractivity (Wildman–Crippen MR) is 78.3 cm³/mol. The van der Waals surface area contributed by atoms with E-state index >= 15 is 0 Å². The molecule has 1 amide bonds. The number of carboxylic acid groups (broad SMARTS) is 1. The highest BCUT2D eigenvalue weighted by Gasteiger charge is 2.31. The number of amides is 1. The van der Waals surface area contributed by atoms with Crippen molar-refractivity contribution in [3.8, 4) is 5.75 Å². The first kappa shape index (κ1) is 15.4. The molecular formula is C16H21NO4. The fourth-order valence-corrected chi connectivity index (χ4v) is 2.90. The van der Waals surface area contributed by atoms with E-state index in [2.05, 4.69) is 5.32 Å². The van der Waals surface area contributed by atoms with Crippen molar-refractivity contribution in [2.75, 3.05) is 0 Å². The van der Waals surface area contributed by atoms with E-state index in [4.69, 9.17) is 0 Å². The van der Waals surface area contributed by atoms with Crippen molar-refractivity contribution < 1.29 is 19.8 Å². The van der Waals surface area contributed by atoms with Gasteiger partial charge in [0.2, 0.25) is 0 Å². The standard InChI is InChI=1S/C16H21NO4/c1-10-7-8-13(18)12(9-10)15(19)17-14(16(20)21)11-5-3-2-4-6-11/h7-9,11,14,18H,2-6H2,1H3,(H,17,19)(H,20,21). The zero-order chi connectivity index (χ0) is 15.4. The molecule has 1 fully saturated rings. The summed E-state index contributed by atoms with van der Waals surface area (Å²) in [6.07, 6.45) is 4.75. The van der Waals surface area contributed by atoms with Gasteiger partial charge in [0.05, 0.1) is 5.56 Å². The number of benzene rings is 1. The minimum absolute atomic E-state index is 0.0350. The number of phenolic OH excluding ortho intramolecular Hbond substituents is 1. The third-order valence-corrected chi connectivity index (χ3v) is 4.07. The number of aromatic hydroxyl groups is 1. The Hall–Kier alpha value is -2.04. The first-order valence-electron chi connectivity index (χ1n) is 7.32. The number of hydrogen-bond acceptors (Lipinski definition) is 3. The first-order chi connectivity index (χ1) is 9.99. The summed E-state index contributed by atoms with van der Waals surface area (Å²) in [5, 5.41) is 21.7. The van der Waals surface area contributed by atoms with E-state index in [9.17, 15) is 19.8 Å². The molecule has 0 bridgehead atoms. The third kappa shape index (κ3) is 3.74. The van der Waals surface area contributed by atoms with Gasteiger partial charge in [-0.25, -0.2) is 4.79 Å². The van der Waals surface area contributed by atoms with Gasteiger partial charge in [0.25, 0.3) is 5.91 Å². The van der Waals surface area contributed by atoms with Gasteiger partial charge in [-0.2, -0.15) is 0 Å². The second kappa shape index (κ2) is 6.61. The quantitative estimate of drug-likeness (QED) is 0.795. The van der Waals surface area contributed by atoms with Gasteiger partial charge < -0.3 is 15.5 Å². The van der Waals surface area contributed by atoms with Crippen LogP contribution in [0, 0.1) is 12.8 Å². The lowest BCUT2D eigenvalue weighted by atomic mass is 9.84. The SMILES string of the molecule is Cc1ccc(O)c(C(=O)NC(C(=O)O)C2CCCCC2)c1. The lowest BCUT2D eigenvalue weighted by Crippen LogP contribution is -2.46. The van der Waals surface area contributed by atoms with Crippen LogP contribution >= 0.6 is 0 Å². The first-order valence-corrected chi connectivity index (χ1v) is 7.32. The Balaban J connectivity index is 2.14. The van der Waals surface area contributed by atoms with Crippen LogP contribution in [0.3, 0.4) is 0 Å². The number of carboxylic acids is 1. The molecule has 0 aromatic heterocycles. The second-order valence-electron chi connectivity index (χ2n) is 5.71. The largest absolute Gasteiger partial charge is 0.507 e. The molecule has 0 saturated heterocycles. The number of rotatable bonds is 4. The molecule has 21 heavy (non-hydrogen) atoms. The van der Waals surface area contributed by atoms with Crippen LogP contribution in [0.1, 0.15) is 48.0 Å². The van der Waals surface area contributed by atoms with Crippen LogP contribution in [0.25, 0.3) is 0 Å². The van der Waals surface area contributed by atoms with Gasteiger partial charge in [-0.3, -0.25) is 4.79 Å². The van der Waals surface area contributed by atoms with Gasteiger partial charge >= 0.3 is 5.97 Å². The number of carbonyl (C=O) groups excluding carboxylic acids is 1. The van der Waals surface area contributed by atoms with Crippen molar-refractivity contribution >= 4 is 11.9 Å².